The molecule has 2 fully saturated rings. The van der Waals surface area contributed by atoms with Gasteiger partial charge >= 0.3 is 6.09 Å². The Morgan fingerprint density at radius 1 is 1.17 bits per heavy atom. The number of nitrogens with zero attached hydrogens (tertiary/aromatic N) is 7. The predicted molar refractivity (Wildman–Crippen MR) is 185 cm³/mol. The van der Waals surface area contributed by atoms with Crippen molar-refractivity contribution in [2.75, 3.05) is 13.2 Å². The fourth-order valence-electron chi connectivity index (χ4n) is 5.54. The number of nitrogens with two attached hydrogens (primary N) is 1. The molecule has 12 nitrogen and oxygen atoms in total. The second-order valence-electron chi connectivity index (χ2n) is 14.2. The maximum atomic E-state index is 15.7. The molecule has 0 saturated heterocycles. The molecule has 0 bridgehead atoms. The van der Waals surface area contributed by atoms with Gasteiger partial charge in [0, 0.05) is 35.9 Å². The van der Waals surface area contributed by atoms with E-state index in [0.29, 0.717) is 12.0 Å². The third-order valence-corrected chi connectivity index (χ3v) is 9.12. The average molecular weight is 762 g/mol. The lowest BCUT2D eigenvalue weighted by atomic mass is 9.92. The molecule has 4 aromatic rings. The molecule has 0 aliphatic heterocycles. The van der Waals surface area contributed by atoms with E-state index in [1.807, 2.05) is 20.8 Å². The zero-order chi connectivity index (χ0) is 38.2. The number of nitrogens with one attached hydrogen (secondary N) is 1. The number of carbonyl (C=O) groups is 2. The summed E-state index contributed by atoms with van der Waals surface area (Å²) in [5.41, 5.74) is 6.96. The molecule has 3 N–H and O–H groups in total. The fraction of sp³-hybridized carbons (Fsp3) is 0.429. The van der Waals surface area contributed by atoms with Gasteiger partial charge in [0.05, 0.1) is 29.0 Å². The quantitative estimate of drug-likeness (QED) is 0.0878. The van der Waals surface area contributed by atoms with Crippen LogP contribution in [-0.4, -0.2) is 72.5 Å². The maximum Gasteiger partial charge on any atom is 0.407 e. The second-order valence-corrected chi connectivity index (χ2v) is 14.6. The van der Waals surface area contributed by atoms with Crippen molar-refractivity contribution in [1.82, 2.24) is 34.8 Å². The number of aliphatic imine (C=N–C) groups is 1. The van der Waals surface area contributed by atoms with Crippen LogP contribution >= 0.6 is 11.6 Å². The number of hydrogen-bond acceptors (Lipinski definition) is 7. The standard InChI is InChI=1S/C35H37ClF5N9O3/c1-34(2,3)10-11-43-32(42)49(31(51)20-4-8-23(25(37)12-20)21-15-45-48(16-21)22-6-7-22)27(17-53-33(52)47-28-14-35(28,40)41)19-5-9-24(36)26(13-19)50-30(29(38)39)44-18-46-50/h4-5,8-9,12-13,15-16,18,22,27-29H,6-7,10-11,14,17H2,1-3H3,(H2,42,43)(H,47,52)/t27-,28+/m1/s1. The lowest BCUT2D eigenvalue weighted by molar-refractivity contribution is 0.0686. The Balaban J connectivity index is 1.40. The van der Waals surface area contributed by atoms with Crippen LogP contribution in [0, 0.1) is 11.2 Å². The van der Waals surface area contributed by atoms with E-state index in [2.05, 4.69) is 25.5 Å². The van der Waals surface area contributed by atoms with Crippen LogP contribution in [0.25, 0.3) is 16.8 Å². The fourth-order valence-corrected chi connectivity index (χ4v) is 5.73. The molecule has 2 aliphatic carbocycles. The van der Waals surface area contributed by atoms with Crippen molar-refractivity contribution in [3.05, 3.63) is 82.9 Å². The van der Waals surface area contributed by atoms with Gasteiger partial charge in [-0.1, -0.05) is 44.5 Å². The molecule has 6 rings (SSSR count). The van der Waals surface area contributed by atoms with Crippen molar-refractivity contribution >= 4 is 29.6 Å². The number of amides is 2. The number of ether oxygens (including phenoxy) is 1. The highest BCUT2D eigenvalue weighted by atomic mass is 35.5. The normalized spacial score (nSPS) is 17.5. The van der Waals surface area contributed by atoms with Crippen LogP contribution in [0.15, 0.2) is 60.1 Å². The lowest BCUT2D eigenvalue weighted by Gasteiger charge is -2.32. The topological polar surface area (TPSA) is 146 Å². The van der Waals surface area contributed by atoms with Gasteiger partial charge in [0.15, 0.2) is 11.8 Å². The number of guanidine groups is 1. The van der Waals surface area contributed by atoms with Gasteiger partial charge in [-0.2, -0.15) is 10.2 Å². The molecule has 18 heteroatoms. The maximum absolute atomic E-state index is 15.7. The number of benzene rings is 2. The molecule has 0 radical (unpaired) electrons. The molecule has 2 heterocycles. The Labute approximate surface area is 306 Å². The number of alkyl halides is 4. The monoisotopic (exact) mass is 761 g/mol. The molecule has 2 saturated carbocycles. The molecule has 2 aliphatic rings. The van der Waals surface area contributed by atoms with Gasteiger partial charge in [-0.15, -0.1) is 0 Å². The molecule has 53 heavy (non-hydrogen) atoms. The summed E-state index contributed by atoms with van der Waals surface area (Å²) in [5.74, 6) is -5.76. The Kier molecular flexibility index (Phi) is 10.5. The molecule has 2 amide bonds. The van der Waals surface area contributed by atoms with Gasteiger partial charge in [0.2, 0.25) is 0 Å². The Hall–Kier alpha value is -5.06. The molecule has 2 aromatic carbocycles. The number of halogens is 6. The van der Waals surface area contributed by atoms with Crippen LogP contribution in [0.4, 0.5) is 26.7 Å². The summed E-state index contributed by atoms with van der Waals surface area (Å²) in [6, 6.07) is 5.38. The first-order valence-electron chi connectivity index (χ1n) is 16.8. The number of rotatable bonds is 12. The van der Waals surface area contributed by atoms with Gasteiger partial charge in [-0.05, 0) is 54.5 Å². The average Bonchev–Trinajstić information content (AvgIpc) is 3.87. The first-order chi connectivity index (χ1) is 25.0. The van der Waals surface area contributed by atoms with Gasteiger partial charge in [0.25, 0.3) is 18.3 Å². The number of carbonyl (C=O) groups excluding carboxylic acids is 2. The predicted octanol–water partition coefficient (Wildman–Crippen LogP) is 7.26. The van der Waals surface area contributed by atoms with E-state index in [1.54, 1.807) is 10.9 Å². The Morgan fingerprint density at radius 2 is 1.91 bits per heavy atom. The highest BCUT2D eigenvalue weighted by molar-refractivity contribution is 6.32. The minimum Gasteiger partial charge on any atom is -0.447 e. The van der Waals surface area contributed by atoms with Crippen LogP contribution in [0.3, 0.4) is 0 Å². The van der Waals surface area contributed by atoms with Crippen molar-refractivity contribution in [1.29, 1.82) is 0 Å². The zero-order valence-corrected chi connectivity index (χ0v) is 29.7. The zero-order valence-electron chi connectivity index (χ0n) is 28.9. The number of hydrogen-bond donors (Lipinski definition) is 2. The van der Waals surface area contributed by atoms with Crippen molar-refractivity contribution in [2.45, 2.75) is 76.9 Å². The summed E-state index contributed by atoms with van der Waals surface area (Å²) in [6.45, 7) is 5.40. The highest BCUT2D eigenvalue weighted by Crippen LogP contribution is 2.42. The minimum atomic E-state index is -3.09. The summed E-state index contributed by atoms with van der Waals surface area (Å²) < 4.78 is 78.6. The molecular weight excluding hydrogens is 725 g/mol. The van der Waals surface area contributed by atoms with Crippen molar-refractivity contribution in [3.8, 4) is 16.8 Å². The summed E-state index contributed by atoms with van der Waals surface area (Å²) in [7, 11) is 0. The van der Waals surface area contributed by atoms with Crippen LogP contribution in [0.1, 0.15) is 86.7 Å². The summed E-state index contributed by atoms with van der Waals surface area (Å²) in [4.78, 5) is 36.2. The Morgan fingerprint density at radius 3 is 2.55 bits per heavy atom. The van der Waals surface area contributed by atoms with Crippen molar-refractivity contribution in [2.24, 2.45) is 16.1 Å². The highest BCUT2D eigenvalue weighted by Gasteiger charge is 2.58. The lowest BCUT2D eigenvalue weighted by Crippen LogP contribution is -2.47. The van der Waals surface area contributed by atoms with Crippen LogP contribution in [-0.2, 0) is 4.74 Å². The Bertz CT molecular complexity index is 2030. The first kappa shape index (κ1) is 37.7. The van der Waals surface area contributed by atoms with E-state index < -0.39 is 61.1 Å². The summed E-state index contributed by atoms with van der Waals surface area (Å²) in [5, 5.41) is 10.2. The minimum absolute atomic E-state index is 0.0260. The molecule has 282 valence electrons. The second kappa shape index (κ2) is 14.8. The number of aromatic nitrogens is 5. The van der Waals surface area contributed by atoms with Gasteiger partial charge < -0.3 is 15.8 Å². The van der Waals surface area contributed by atoms with Crippen molar-refractivity contribution in [3.63, 3.8) is 0 Å². The third kappa shape index (κ3) is 8.77. The summed E-state index contributed by atoms with van der Waals surface area (Å²) >= 11 is 6.43. The van der Waals surface area contributed by atoms with Crippen LogP contribution in [0.5, 0.6) is 0 Å². The van der Waals surface area contributed by atoms with Crippen molar-refractivity contribution < 1.29 is 36.3 Å². The van der Waals surface area contributed by atoms with E-state index in [4.69, 9.17) is 22.1 Å². The smallest absolute Gasteiger partial charge is 0.407 e. The van der Waals surface area contributed by atoms with Crippen LogP contribution in [0.2, 0.25) is 5.02 Å². The number of alkyl carbamates (subject to hydrolysis) is 1. The van der Waals surface area contributed by atoms with E-state index in [0.717, 1.165) is 34.8 Å². The molecular formula is C35H37ClF5N9O3. The van der Waals surface area contributed by atoms with E-state index in [-0.39, 0.29) is 51.4 Å². The first-order valence-corrected chi connectivity index (χ1v) is 17.2. The largest absolute Gasteiger partial charge is 0.447 e. The van der Waals surface area contributed by atoms with Crippen LogP contribution < -0.4 is 11.1 Å². The molecule has 0 unspecified atom stereocenters. The van der Waals surface area contributed by atoms with Gasteiger partial charge in [-0.3, -0.25) is 19.4 Å². The van der Waals surface area contributed by atoms with E-state index in [9.17, 15) is 27.2 Å². The van der Waals surface area contributed by atoms with Gasteiger partial charge in [0.1, 0.15) is 24.8 Å². The molecule has 2 atom stereocenters. The van der Waals surface area contributed by atoms with Gasteiger partial charge in [-0.25, -0.2) is 36.4 Å². The SMILES string of the molecule is CC(C)(C)CCN=C(N)N(C(=O)c1ccc(-c2cnn(C3CC3)c2)c(F)c1)[C@H](COC(=O)N[C@H]1CC1(F)F)c1ccc(Cl)c(-n2ncnc2C(F)F)c1. The third-order valence-electron chi connectivity index (χ3n) is 8.81. The summed E-state index contributed by atoms with van der Waals surface area (Å²) in [6.07, 6.45) is 1.86. The molecule has 2 aromatic heterocycles. The van der Waals surface area contributed by atoms with E-state index in [1.165, 1.54) is 36.5 Å². The molecule has 0 spiro atoms. The van der Waals surface area contributed by atoms with E-state index >= 15 is 4.39 Å².